The molecular formula is C9H10N3O3P-2. The summed E-state index contributed by atoms with van der Waals surface area (Å²) in [5, 5.41) is 3.93. The van der Waals surface area contributed by atoms with Crippen LogP contribution >= 0.6 is 7.60 Å². The van der Waals surface area contributed by atoms with E-state index in [9.17, 15) is 14.4 Å². The van der Waals surface area contributed by atoms with E-state index in [1.165, 1.54) is 10.7 Å². The summed E-state index contributed by atoms with van der Waals surface area (Å²) in [4.78, 5) is 25.8. The van der Waals surface area contributed by atoms with Gasteiger partial charge in [-0.1, -0.05) is 14.5 Å². The van der Waals surface area contributed by atoms with Crippen molar-refractivity contribution in [1.82, 2.24) is 14.6 Å². The molecule has 0 radical (unpaired) electrons. The summed E-state index contributed by atoms with van der Waals surface area (Å²) in [7, 11) is -4.59. The molecule has 0 aliphatic carbocycles. The maximum atomic E-state index is 10.8. The first-order valence-electron chi connectivity index (χ1n) is 4.83. The van der Waals surface area contributed by atoms with Crippen molar-refractivity contribution in [3.8, 4) is 0 Å². The van der Waals surface area contributed by atoms with Gasteiger partial charge in [-0.05, 0) is 12.5 Å². The van der Waals surface area contributed by atoms with Crippen LogP contribution in [0.4, 0.5) is 0 Å². The number of fused-ring (bicyclic) bond motifs is 1. The predicted octanol–water partition coefficient (Wildman–Crippen LogP) is -0.295. The minimum atomic E-state index is -4.59. The average molecular weight is 239 g/mol. The van der Waals surface area contributed by atoms with Gasteiger partial charge in [0.2, 0.25) is 0 Å². The molecule has 0 unspecified atom stereocenters. The summed E-state index contributed by atoms with van der Waals surface area (Å²) in [5.41, 5.74) is 1.67. The van der Waals surface area contributed by atoms with Crippen LogP contribution in [0.25, 0.3) is 5.65 Å². The molecular weight excluding hydrogens is 229 g/mol. The molecule has 2 aromatic heterocycles. The molecule has 2 aromatic rings. The second kappa shape index (κ2) is 3.97. The lowest BCUT2D eigenvalue weighted by atomic mass is 10.3. The highest BCUT2D eigenvalue weighted by Crippen LogP contribution is 2.29. The van der Waals surface area contributed by atoms with Crippen LogP contribution in [0.2, 0.25) is 0 Å². The summed E-state index contributed by atoms with van der Waals surface area (Å²) in [6.07, 6.45) is 1.66. The first kappa shape index (κ1) is 11.3. The third-order valence-electron chi connectivity index (χ3n) is 2.20. The van der Waals surface area contributed by atoms with Gasteiger partial charge in [-0.15, -0.1) is 0 Å². The lowest BCUT2D eigenvalue weighted by molar-refractivity contribution is -0.314. The van der Waals surface area contributed by atoms with E-state index in [4.69, 9.17) is 0 Å². The van der Waals surface area contributed by atoms with Crippen LogP contribution in [0.5, 0.6) is 0 Å². The number of rotatable bonds is 3. The standard InChI is InChI=1S/C9H12N3O3P/c1-2-7-5-8(6-16(13,14)15)12-9(11-7)3-4-10-12/h3-5H,2,6H2,1H3,(H2,13,14,15)/p-2. The molecule has 0 spiro atoms. The zero-order valence-electron chi connectivity index (χ0n) is 8.66. The molecule has 0 aromatic carbocycles. The highest BCUT2D eigenvalue weighted by molar-refractivity contribution is 7.47. The Morgan fingerprint density at radius 3 is 2.88 bits per heavy atom. The molecule has 0 amide bonds. The Labute approximate surface area is 92.1 Å². The van der Waals surface area contributed by atoms with Crippen molar-refractivity contribution in [3.05, 3.63) is 29.7 Å². The molecule has 0 bridgehead atoms. The van der Waals surface area contributed by atoms with E-state index in [1.807, 2.05) is 6.92 Å². The molecule has 86 valence electrons. The topological polar surface area (TPSA) is 93.4 Å². The van der Waals surface area contributed by atoms with Crippen LogP contribution in [0.15, 0.2) is 18.3 Å². The van der Waals surface area contributed by atoms with E-state index in [2.05, 4.69) is 10.1 Å². The molecule has 0 atom stereocenters. The van der Waals surface area contributed by atoms with Crippen molar-refractivity contribution in [1.29, 1.82) is 0 Å². The van der Waals surface area contributed by atoms with Gasteiger partial charge in [0.05, 0.1) is 11.9 Å². The largest absolute Gasteiger partial charge is 0.810 e. The number of aryl methyl sites for hydroxylation is 1. The molecule has 0 saturated heterocycles. The number of aromatic nitrogens is 3. The van der Waals surface area contributed by atoms with Gasteiger partial charge in [-0.2, -0.15) is 5.10 Å². The van der Waals surface area contributed by atoms with Crippen LogP contribution < -0.4 is 9.79 Å². The Bertz CT molecular complexity index is 560. The van der Waals surface area contributed by atoms with E-state index in [-0.39, 0.29) is 0 Å². The first-order chi connectivity index (χ1) is 7.49. The minimum absolute atomic E-state index is 0.361. The summed E-state index contributed by atoms with van der Waals surface area (Å²) in [6, 6.07) is 3.27. The normalized spacial score (nSPS) is 12.2. The fourth-order valence-electron chi connectivity index (χ4n) is 1.53. The van der Waals surface area contributed by atoms with Crippen molar-refractivity contribution in [3.63, 3.8) is 0 Å². The predicted molar refractivity (Wildman–Crippen MR) is 53.7 cm³/mol. The first-order valence-corrected chi connectivity index (χ1v) is 6.56. The zero-order chi connectivity index (χ0) is 11.8. The van der Waals surface area contributed by atoms with Crippen LogP contribution in [-0.2, 0) is 17.1 Å². The van der Waals surface area contributed by atoms with Gasteiger partial charge in [-0.3, -0.25) is 0 Å². The van der Waals surface area contributed by atoms with Crippen LogP contribution in [0.1, 0.15) is 18.3 Å². The van der Waals surface area contributed by atoms with E-state index < -0.39 is 13.8 Å². The van der Waals surface area contributed by atoms with Gasteiger partial charge < -0.3 is 14.4 Å². The molecule has 0 fully saturated rings. The maximum absolute atomic E-state index is 10.8. The lowest BCUT2D eigenvalue weighted by Gasteiger charge is -2.29. The van der Waals surface area contributed by atoms with Gasteiger partial charge in [0.15, 0.2) is 5.65 Å². The maximum Gasteiger partial charge on any atom is 0.155 e. The van der Waals surface area contributed by atoms with E-state index >= 15 is 0 Å². The Balaban J connectivity index is 2.57. The van der Waals surface area contributed by atoms with Gasteiger partial charge in [-0.25, -0.2) is 9.50 Å². The highest BCUT2D eigenvalue weighted by Gasteiger charge is 2.06. The van der Waals surface area contributed by atoms with Gasteiger partial charge >= 0.3 is 0 Å². The quantitative estimate of drug-likeness (QED) is 0.686. The highest BCUT2D eigenvalue weighted by atomic mass is 31.2. The molecule has 0 N–H and O–H groups in total. The number of hydrogen-bond donors (Lipinski definition) is 0. The van der Waals surface area contributed by atoms with E-state index in [1.54, 1.807) is 12.1 Å². The second-order valence-electron chi connectivity index (χ2n) is 3.46. The number of hydrogen-bond acceptors (Lipinski definition) is 5. The second-order valence-corrected chi connectivity index (χ2v) is 5.00. The Morgan fingerprint density at radius 2 is 2.25 bits per heavy atom. The zero-order valence-corrected chi connectivity index (χ0v) is 9.55. The minimum Gasteiger partial charge on any atom is -0.810 e. The molecule has 7 heteroatoms. The van der Waals surface area contributed by atoms with E-state index in [0.717, 1.165) is 5.69 Å². The molecule has 0 aliphatic rings. The monoisotopic (exact) mass is 239 g/mol. The van der Waals surface area contributed by atoms with Gasteiger partial charge in [0.25, 0.3) is 0 Å². The molecule has 16 heavy (non-hydrogen) atoms. The van der Waals surface area contributed by atoms with Crippen LogP contribution in [0.3, 0.4) is 0 Å². The van der Waals surface area contributed by atoms with Gasteiger partial charge in [0, 0.05) is 17.9 Å². The average Bonchev–Trinajstić information content (AvgIpc) is 2.63. The molecule has 0 aliphatic heterocycles. The third-order valence-corrected chi connectivity index (χ3v) is 2.92. The molecule has 0 saturated carbocycles. The summed E-state index contributed by atoms with van der Waals surface area (Å²) >= 11 is 0. The summed E-state index contributed by atoms with van der Waals surface area (Å²) in [6.45, 7) is 1.91. The Kier molecular flexibility index (Phi) is 2.80. The molecule has 6 nitrogen and oxygen atoms in total. The smallest absolute Gasteiger partial charge is 0.155 e. The summed E-state index contributed by atoms with van der Waals surface area (Å²) < 4.78 is 12.2. The van der Waals surface area contributed by atoms with Crippen molar-refractivity contribution in [2.75, 3.05) is 0 Å². The summed E-state index contributed by atoms with van der Waals surface area (Å²) in [5.74, 6) is 0. The van der Waals surface area contributed by atoms with E-state index in [0.29, 0.717) is 17.8 Å². The van der Waals surface area contributed by atoms with Crippen molar-refractivity contribution in [2.45, 2.75) is 19.5 Å². The number of nitrogens with zero attached hydrogens (tertiary/aromatic N) is 3. The Morgan fingerprint density at radius 1 is 1.50 bits per heavy atom. The van der Waals surface area contributed by atoms with Crippen LogP contribution in [-0.4, -0.2) is 14.6 Å². The SMILES string of the molecule is CCc1cc(CP(=O)([O-])[O-])n2nccc2n1. The molecule has 2 heterocycles. The lowest BCUT2D eigenvalue weighted by Crippen LogP contribution is -2.17. The third kappa shape index (κ3) is 2.29. The van der Waals surface area contributed by atoms with Gasteiger partial charge in [0.1, 0.15) is 0 Å². The Hall–Kier alpha value is -1.23. The van der Waals surface area contributed by atoms with Crippen molar-refractivity contribution in [2.24, 2.45) is 0 Å². The fraction of sp³-hybridized carbons (Fsp3) is 0.333. The molecule has 2 rings (SSSR count). The van der Waals surface area contributed by atoms with Crippen molar-refractivity contribution >= 4 is 13.2 Å². The fourth-order valence-corrected chi connectivity index (χ4v) is 2.15. The van der Waals surface area contributed by atoms with Crippen molar-refractivity contribution < 1.29 is 14.4 Å². The van der Waals surface area contributed by atoms with Crippen LogP contribution in [0, 0.1) is 0 Å².